The molecule has 0 amide bonds. The predicted octanol–water partition coefficient (Wildman–Crippen LogP) is 2.65. The van der Waals surface area contributed by atoms with E-state index in [1.54, 1.807) is 6.20 Å². The molecule has 0 aliphatic heterocycles. The van der Waals surface area contributed by atoms with Crippen molar-refractivity contribution in [2.45, 2.75) is 19.3 Å². The molecule has 2 N–H and O–H groups in total. The largest absolute Gasteiger partial charge is 0.405 e. The number of hydrogen-bond acceptors (Lipinski definition) is 1. The van der Waals surface area contributed by atoms with Crippen molar-refractivity contribution in [3.05, 3.63) is 48.2 Å². The van der Waals surface area contributed by atoms with Gasteiger partial charge in [-0.15, -0.1) is 0 Å². The smallest absolute Gasteiger partial charge is 0.0103 e. The van der Waals surface area contributed by atoms with Gasteiger partial charge in [0.25, 0.3) is 0 Å². The Hall–Kier alpha value is -1.24. The van der Waals surface area contributed by atoms with Crippen LogP contribution in [0.15, 0.2) is 42.6 Å². The van der Waals surface area contributed by atoms with Crippen molar-refractivity contribution in [1.29, 1.82) is 0 Å². The van der Waals surface area contributed by atoms with Crippen LogP contribution in [0.5, 0.6) is 0 Å². The molecule has 1 aromatic carbocycles. The second-order valence-electron chi connectivity index (χ2n) is 2.98. The molecule has 0 fully saturated rings. The van der Waals surface area contributed by atoms with Crippen molar-refractivity contribution in [3.8, 4) is 0 Å². The molecule has 1 nitrogen and oxygen atoms in total. The molecule has 0 aliphatic rings. The molecule has 0 bridgehead atoms. The number of benzene rings is 1. The van der Waals surface area contributed by atoms with E-state index >= 15 is 0 Å². The van der Waals surface area contributed by atoms with E-state index in [-0.39, 0.29) is 0 Å². The SMILES string of the molecule is CC(C/C=C\N)c1ccccc1. The van der Waals surface area contributed by atoms with Crippen LogP contribution in [-0.4, -0.2) is 0 Å². The van der Waals surface area contributed by atoms with Crippen LogP contribution in [0.4, 0.5) is 0 Å². The van der Waals surface area contributed by atoms with Crippen LogP contribution in [0.1, 0.15) is 24.8 Å². The molecule has 0 saturated carbocycles. The van der Waals surface area contributed by atoms with Crippen molar-refractivity contribution in [3.63, 3.8) is 0 Å². The normalized spacial score (nSPS) is 13.4. The van der Waals surface area contributed by atoms with Crippen molar-refractivity contribution in [1.82, 2.24) is 0 Å². The van der Waals surface area contributed by atoms with Gasteiger partial charge in [0.05, 0.1) is 0 Å². The Morgan fingerprint density at radius 2 is 2.00 bits per heavy atom. The maximum Gasteiger partial charge on any atom is -0.0103 e. The Morgan fingerprint density at radius 3 is 2.58 bits per heavy atom. The maximum absolute atomic E-state index is 5.27. The van der Waals surface area contributed by atoms with Crippen molar-refractivity contribution >= 4 is 0 Å². The molecule has 1 aromatic rings. The average Bonchev–Trinajstić information content (AvgIpc) is 2.15. The first-order valence-electron chi connectivity index (χ1n) is 4.26. The zero-order chi connectivity index (χ0) is 8.81. The van der Waals surface area contributed by atoms with Gasteiger partial charge in [-0.3, -0.25) is 0 Å². The fourth-order valence-electron chi connectivity index (χ4n) is 1.20. The number of hydrogen-bond donors (Lipinski definition) is 1. The van der Waals surface area contributed by atoms with Gasteiger partial charge in [-0.1, -0.05) is 43.3 Å². The molecular weight excluding hydrogens is 146 g/mol. The molecule has 0 radical (unpaired) electrons. The molecule has 1 rings (SSSR count). The van der Waals surface area contributed by atoms with Crippen LogP contribution in [-0.2, 0) is 0 Å². The van der Waals surface area contributed by atoms with Gasteiger partial charge < -0.3 is 5.73 Å². The van der Waals surface area contributed by atoms with Gasteiger partial charge in [-0.2, -0.15) is 0 Å². The Morgan fingerprint density at radius 1 is 1.33 bits per heavy atom. The Kier molecular flexibility index (Phi) is 3.39. The molecule has 0 spiro atoms. The second kappa shape index (κ2) is 4.60. The minimum absolute atomic E-state index is 0.561. The summed E-state index contributed by atoms with van der Waals surface area (Å²) in [7, 11) is 0. The lowest BCUT2D eigenvalue weighted by atomic mass is 9.98. The van der Waals surface area contributed by atoms with Crippen LogP contribution < -0.4 is 5.73 Å². The second-order valence-corrected chi connectivity index (χ2v) is 2.98. The first kappa shape index (κ1) is 8.85. The summed E-state index contributed by atoms with van der Waals surface area (Å²) in [6.45, 7) is 2.20. The molecule has 12 heavy (non-hydrogen) atoms. The lowest BCUT2D eigenvalue weighted by molar-refractivity contribution is 0.779. The van der Waals surface area contributed by atoms with Crippen LogP contribution in [0.25, 0.3) is 0 Å². The van der Waals surface area contributed by atoms with E-state index in [1.165, 1.54) is 5.56 Å². The van der Waals surface area contributed by atoms with E-state index in [0.717, 1.165) is 6.42 Å². The zero-order valence-electron chi connectivity index (χ0n) is 7.40. The van der Waals surface area contributed by atoms with E-state index in [4.69, 9.17) is 5.73 Å². The van der Waals surface area contributed by atoms with Crippen molar-refractivity contribution in [2.24, 2.45) is 5.73 Å². The fourth-order valence-corrected chi connectivity index (χ4v) is 1.20. The summed E-state index contributed by atoms with van der Waals surface area (Å²) in [6.07, 6.45) is 4.62. The highest BCUT2D eigenvalue weighted by Gasteiger charge is 2.00. The van der Waals surface area contributed by atoms with Gasteiger partial charge in [0, 0.05) is 0 Å². The van der Waals surface area contributed by atoms with E-state index in [2.05, 4.69) is 31.2 Å². The molecule has 1 atom stereocenters. The Labute approximate surface area is 73.9 Å². The molecule has 0 aliphatic carbocycles. The third-order valence-electron chi connectivity index (χ3n) is 1.99. The quantitative estimate of drug-likeness (QED) is 0.724. The molecule has 0 heterocycles. The summed E-state index contributed by atoms with van der Waals surface area (Å²) >= 11 is 0. The summed E-state index contributed by atoms with van der Waals surface area (Å²) in [5.41, 5.74) is 6.65. The van der Waals surface area contributed by atoms with E-state index in [1.807, 2.05) is 12.1 Å². The first-order valence-corrected chi connectivity index (χ1v) is 4.26. The topological polar surface area (TPSA) is 26.0 Å². The highest BCUT2D eigenvalue weighted by molar-refractivity contribution is 5.19. The Bertz CT molecular complexity index is 238. The number of rotatable bonds is 3. The standard InChI is InChI=1S/C11H15N/c1-10(6-5-9-12)11-7-3-2-4-8-11/h2-5,7-10H,6,12H2,1H3/b9-5-. The molecule has 64 valence electrons. The third-order valence-corrected chi connectivity index (χ3v) is 1.99. The highest BCUT2D eigenvalue weighted by Crippen LogP contribution is 2.18. The zero-order valence-corrected chi connectivity index (χ0v) is 7.40. The molecule has 0 aromatic heterocycles. The summed E-state index contributed by atoms with van der Waals surface area (Å²) in [4.78, 5) is 0. The first-order chi connectivity index (χ1) is 5.84. The monoisotopic (exact) mass is 161 g/mol. The fraction of sp³-hybridized carbons (Fsp3) is 0.273. The van der Waals surface area contributed by atoms with E-state index in [0.29, 0.717) is 5.92 Å². The molecular formula is C11H15N. The third kappa shape index (κ3) is 2.42. The van der Waals surface area contributed by atoms with Gasteiger partial charge in [0.15, 0.2) is 0 Å². The van der Waals surface area contributed by atoms with E-state index in [9.17, 15) is 0 Å². The Balaban J connectivity index is 2.59. The number of allylic oxidation sites excluding steroid dienone is 1. The summed E-state index contributed by atoms with van der Waals surface area (Å²) in [5, 5.41) is 0. The molecule has 0 saturated heterocycles. The van der Waals surface area contributed by atoms with Crippen LogP contribution in [0, 0.1) is 0 Å². The lowest BCUT2D eigenvalue weighted by Gasteiger charge is -2.07. The van der Waals surface area contributed by atoms with Gasteiger partial charge >= 0.3 is 0 Å². The summed E-state index contributed by atoms with van der Waals surface area (Å²) in [6, 6.07) is 10.5. The summed E-state index contributed by atoms with van der Waals surface area (Å²) in [5.74, 6) is 0.561. The maximum atomic E-state index is 5.27. The van der Waals surface area contributed by atoms with Crippen molar-refractivity contribution in [2.75, 3.05) is 0 Å². The minimum atomic E-state index is 0.561. The van der Waals surface area contributed by atoms with Crippen molar-refractivity contribution < 1.29 is 0 Å². The van der Waals surface area contributed by atoms with Crippen LogP contribution in [0.2, 0.25) is 0 Å². The average molecular weight is 161 g/mol. The van der Waals surface area contributed by atoms with E-state index < -0.39 is 0 Å². The molecule has 1 unspecified atom stereocenters. The van der Waals surface area contributed by atoms with Gasteiger partial charge in [-0.25, -0.2) is 0 Å². The highest BCUT2D eigenvalue weighted by atomic mass is 14.5. The van der Waals surface area contributed by atoms with Gasteiger partial charge in [0.2, 0.25) is 0 Å². The minimum Gasteiger partial charge on any atom is -0.405 e. The predicted molar refractivity (Wildman–Crippen MR) is 52.8 cm³/mol. The molecule has 1 heteroatoms. The lowest BCUT2D eigenvalue weighted by Crippen LogP contribution is -1.91. The summed E-state index contributed by atoms with van der Waals surface area (Å²) < 4.78 is 0. The van der Waals surface area contributed by atoms with Crippen LogP contribution >= 0.6 is 0 Å². The van der Waals surface area contributed by atoms with Gasteiger partial charge in [0.1, 0.15) is 0 Å². The van der Waals surface area contributed by atoms with Crippen LogP contribution in [0.3, 0.4) is 0 Å². The number of nitrogens with two attached hydrogens (primary N) is 1. The van der Waals surface area contributed by atoms with Gasteiger partial charge in [-0.05, 0) is 24.1 Å².